The molecule has 112 valence electrons. The molecule has 0 aromatic heterocycles. The van der Waals surface area contributed by atoms with Crippen LogP contribution in [0.4, 0.5) is 24.5 Å². The van der Waals surface area contributed by atoms with Crippen LogP contribution in [-0.4, -0.2) is 8.42 Å². The quantitative estimate of drug-likeness (QED) is 0.802. The van der Waals surface area contributed by atoms with E-state index in [0.717, 1.165) is 24.3 Å². The number of hydrogen-bond donors (Lipinski definition) is 2. The molecule has 0 radical (unpaired) electrons. The summed E-state index contributed by atoms with van der Waals surface area (Å²) < 4.78 is 65.8. The predicted molar refractivity (Wildman–Crippen MR) is 75.7 cm³/mol. The van der Waals surface area contributed by atoms with E-state index in [9.17, 15) is 21.6 Å². The topological polar surface area (TPSA) is 72.2 Å². The van der Waals surface area contributed by atoms with Crippen LogP contribution in [-0.2, 0) is 10.0 Å². The molecule has 0 unspecified atom stereocenters. The number of nitrogens with two attached hydrogens (primary N) is 1. The molecule has 0 fully saturated rings. The van der Waals surface area contributed by atoms with E-state index in [1.807, 2.05) is 4.72 Å². The Hall–Kier alpha value is -1.74. The zero-order chi connectivity index (χ0) is 15.8. The molecule has 9 heteroatoms. The molecular weight excluding hydrogens is 373 g/mol. The molecule has 0 saturated heterocycles. The fraction of sp³-hybridized carbons (Fsp3) is 0. The minimum absolute atomic E-state index is 0.0986. The van der Waals surface area contributed by atoms with Crippen molar-refractivity contribution in [1.82, 2.24) is 0 Å². The molecule has 2 rings (SSSR count). The van der Waals surface area contributed by atoms with E-state index >= 15 is 0 Å². The summed E-state index contributed by atoms with van der Waals surface area (Å²) >= 11 is 2.88. The van der Waals surface area contributed by atoms with Crippen molar-refractivity contribution in [2.24, 2.45) is 0 Å². The molecule has 0 bridgehead atoms. The minimum Gasteiger partial charge on any atom is -0.396 e. The summed E-state index contributed by atoms with van der Waals surface area (Å²) in [6.45, 7) is 0. The third-order valence-electron chi connectivity index (χ3n) is 2.51. The summed E-state index contributed by atoms with van der Waals surface area (Å²) in [7, 11) is -4.27. The van der Waals surface area contributed by atoms with Crippen molar-refractivity contribution in [2.45, 2.75) is 4.90 Å². The Morgan fingerprint density at radius 1 is 1.05 bits per heavy atom. The Morgan fingerprint density at radius 3 is 2.38 bits per heavy atom. The maximum Gasteiger partial charge on any atom is 0.263 e. The number of nitrogens with one attached hydrogen (secondary N) is 1. The van der Waals surface area contributed by atoms with Crippen LogP contribution in [0.1, 0.15) is 0 Å². The number of hydrogen-bond acceptors (Lipinski definition) is 3. The second-order valence-electron chi connectivity index (χ2n) is 4.03. The first-order valence-corrected chi connectivity index (χ1v) is 7.71. The first-order chi connectivity index (χ1) is 9.70. The van der Waals surface area contributed by atoms with E-state index in [2.05, 4.69) is 15.9 Å². The fourth-order valence-corrected chi connectivity index (χ4v) is 3.63. The van der Waals surface area contributed by atoms with Gasteiger partial charge < -0.3 is 5.73 Å². The molecular formula is C12H8BrF3N2O2S. The molecule has 0 amide bonds. The molecule has 3 N–H and O–H groups in total. The molecule has 0 aliphatic carbocycles. The van der Waals surface area contributed by atoms with E-state index in [1.54, 1.807) is 0 Å². The number of halogens is 4. The second-order valence-corrected chi connectivity index (χ2v) is 6.54. The molecule has 0 heterocycles. The van der Waals surface area contributed by atoms with Gasteiger partial charge in [0.2, 0.25) is 0 Å². The van der Waals surface area contributed by atoms with Gasteiger partial charge in [-0.3, -0.25) is 4.72 Å². The molecule has 4 nitrogen and oxygen atoms in total. The summed E-state index contributed by atoms with van der Waals surface area (Å²) in [6.07, 6.45) is 0. The highest BCUT2D eigenvalue weighted by Gasteiger charge is 2.21. The standard InChI is InChI=1S/C12H8BrF3N2O2S/c13-7-4-9(16)10(17)5-12(7)21(19,20)18-11-3-6(14)1-2-8(11)15/h1-5,18H,17H2. The third-order valence-corrected chi connectivity index (χ3v) is 4.84. The third kappa shape index (κ3) is 3.30. The Bertz CT molecular complexity index is 812. The minimum atomic E-state index is -4.27. The lowest BCUT2D eigenvalue weighted by molar-refractivity contribution is 0.593. The summed E-state index contributed by atoms with van der Waals surface area (Å²) in [4.78, 5) is -0.398. The molecule has 21 heavy (non-hydrogen) atoms. The summed E-state index contributed by atoms with van der Waals surface area (Å²) in [5.41, 5.74) is 4.36. The van der Waals surface area contributed by atoms with Crippen LogP contribution >= 0.6 is 15.9 Å². The van der Waals surface area contributed by atoms with Crippen molar-refractivity contribution < 1.29 is 21.6 Å². The smallest absolute Gasteiger partial charge is 0.263 e. The molecule has 0 saturated carbocycles. The van der Waals surface area contributed by atoms with Gasteiger partial charge in [0.05, 0.1) is 11.4 Å². The van der Waals surface area contributed by atoms with Gasteiger partial charge in [0, 0.05) is 10.5 Å². The van der Waals surface area contributed by atoms with Gasteiger partial charge in [0.1, 0.15) is 22.3 Å². The zero-order valence-electron chi connectivity index (χ0n) is 10.2. The van der Waals surface area contributed by atoms with Gasteiger partial charge in [-0.05, 0) is 40.2 Å². The highest BCUT2D eigenvalue weighted by atomic mass is 79.9. The molecule has 0 atom stereocenters. The van der Waals surface area contributed by atoms with Gasteiger partial charge in [-0.25, -0.2) is 21.6 Å². The van der Waals surface area contributed by atoms with Crippen molar-refractivity contribution in [3.05, 3.63) is 52.3 Å². The number of sulfonamides is 1. The Balaban J connectivity index is 2.48. The van der Waals surface area contributed by atoms with Crippen LogP contribution in [0.25, 0.3) is 0 Å². The van der Waals surface area contributed by atoms with Gasteiger partial charge in [-0.1, -0.05) is 0 Å². The van der Waals surface area contributed by atoms with E-state index in [4.69, 9.17) is 5.73 Å². The molecule has 2 aromatic carbocycles. The van der Waals surface area contributed by atoms with Gasteiger partial charge in [0.15, 0.2) is 0 Å². The SMILES string of the molecule is Nc1cc(S(=O)(=O)Nc2cc(F)ccc2F)c(Br)cc1F. The first-order valence-electron chi connectivity index (χ1n) is 5.43. The van der Waals surface area contributed by atoms with Gasteiger partial charge >= 0.3 is 0 Å². The lowest BCUT2D eigenvalue weighted by atomic mass is 10.3. The largest absolute Gasteiger partial charge is 0.396 e. The van der Waals surface area contributed by atoms with Crippen LogP contribution in [0.5, 0.6) is 0 Å². The summed E-state index contributed by atoms with van der Waals surface area (Å²) in [5, 5.41) is 0. The lowest BCUT2D eigenvalue weighted by Crippen LogP contribution is -2.15. The highest BCUT2D eigenvalue weighted by Crippen LogP contribution is 2.29. The van der Waals surface area contributed by atoms with Crippen LogP contribution in [0.2, 0.25) is 0 Å². The van der Waals surface area contributed by atoms with E-state index in [1.165, 1.54) is 0 Å². The Kier molecular flexibility index (Phi) is 4.15. The monoisotopic (exact) mass is 380 g/mol. The number of nitrogen functional groups attached to an aromatic ring is 1. The van der Waals surface area contributed by atoms with Gasteiger partial charge in [-0.2, -0.15) is 0 Å². The average molecular weight is 381 g/mol. The van der Waals surface area contributed by atoms with Crippen LogP contribution in [0.15, 0.2) is 39.7 Å². The normalized spacial score (nSPS) is 11.4. The van der Waals surface area contributed by atoms with Crippen molar-refractivity contribution in [1.29, 1.82) is 0 Å². The van der Waals surface area contributed by atoms with E-state index in [-0.39, 0.29) is 4.47 Å². The van der Waals surface area contributed by atoms with E-state index < -0.39 is 43.7 Å². The van der Waals surface area contributed by atoms with Crippen molar-refractivity contribution in [2.75, 3.05) is 10.5 Å². The Labute approximate surface area is 127 Å². The van der Waals surface area contributed by atoms with Crippen LogP contribution < -0.4 is 10.5 Å². The maximum atomic E-state index is 13.5. The van der Waals surface area contributed by atoms with Gasteiger partial charge in [0.25, 0.3) is 10.0 Å². The first kappa shape index (κ1) is 15.6. The zero-order valence-corrected chi connectivity index (χ0v) is 12.6. The molecule has 0 spiro atoms. The highest BCUT2D eigenvalue weighted by molar-refractivity contribution is 9.10. The predicted octanol–water partition coefficient (Wildman–Crippen LogP) is 3.25. The van der Waals surface area contributed by atoms with E-state index in [0.29, 0.717) is 6.07 Å². The molecule has 0 aliphatic heterocycles. The van der Waals surface area contributed by atoms with Crippen molar-refractivity contribution in [3.8, 4) is 0 Å². The number of rotatable bonds is 3. The lowest BCUT2D eigenvalue weighted by Gasteiger charge is -2.11. The van der Waals surface area contributed by atoms with Crippen molar-refractivity contribution >= 4 is 37.3 Å². The van der Waals surface area contributed by atoms with Gasteiger partial charge in [-0.15, -0.1) is 0 Å². The number of benzene rings is 2. The maximum absolute atomic E-state index is 13.5. The van der Waals surface area contributed by atoms with Crippen molar-refractivity contribution in [3.63, 3.8) is 0 Å². The fourth-order valence-electron chi connectivity index (χ4n) is 1.53. The molecule has 0 aliphatic rings. The number of anilines is 2. The summed E-state index contributed by atoms with van der Waals surface area (Å²) in [6, 6.07) is 4.05. The second kappa shape index (κ2) is 5.57. The Morgan fingerprint density at radius 2 is 1.71 bits per heavy atom. The van der Waals surface area contributed by atoms with Crippen LogP contribution in [0.3, 0.4) is 0 Å². The van der Waals surface area contributed by atoms with Crippen LogP contribution in [0, 0.1) is 17.5 Å². The molecule has 2 aromatic rings. The summed E-state index contributed by atoms with van der Waals surface area (Å²) in [5.74, 6) is -2.57. The average Bonchev–Trinajstić information content (AvgIpc) is 2.37.